The fraction of sp³-hybridized carbons (Fsp3) is 0.938. The lowest BCUT2D eigenvalue weighted by molar-refractivity contribution is -0.121. The van der Waals surface area contributed by atoms with Gasteiger partial charge in [0.1, 0.15) is 0 Å². The Labute approximate surface area is 122 Å². The molecule has 20 heavy (non-hydrogen) atoms. The third-order valence-corrected chi connectivity index (χ3v) is 4.54. The van der Waals surface area contributed by atoms with Crippen molar-refractivity contribution in [2.24, 2.45) is 11.8 Å². The molecule has 0 spiro atoms. The minimum atomic E-state index is -0.465. The summed E-state index contributed by atoms with van der Waals surface area (Å²) in [5.74, 6) is 1.77. The highest BCUT2D eigenvalue weighted by atomic mass is 16.3. The summed E-state index contributed by atoms with van der Waals surface area (Å²) >= 11 is 0. The van der Waals surface area contributed by atoms with Crippen molar-refractivity contribution in [3.8, 4) is 0 Å². The van der Waals surface area contributed by atoms with E-state index in [1.54, 1.807) is 0 Å². The van der Waals surface area contributed by atoms with Gasteiger partial charge in [0.2, 0.25) is 5.91 Å². The van der Waals surface area contributed by atoms with E-state index in [2.05, 4.69) is 10.6 Å². The van der Waals surface area contributed by atoms with E-state index in [1.165, 1.54) is 44.9 Å². The second-order valence-corrected chi connectivity index (χ2v) is 6.60. The minimum absolute atomic E-state index is 0.0873. The molecule has 0 heterocycles. The molecule has 0 aromatic carbocycles. The van der Waals surface area contributed by atoms with Gasteiger partial charge in [0.05, 0.1) is 6.10 Å². The summed E-state index contributed by atoms with van der Waals surface area (Å²) in [5.41, 5.74) is 0. The molecule has 4 nitrogen and oxygen atoms in total. The van der Waals surface area contributed by atoms with Crippen molar-refractivity contribution in [3.63, 3.8) is 0 Å². The van der Waals surface area contributed by atoms with Crippen LogP contribution in [0.2, 0.25) is 0 Å². The third-order valence-electron chi connectivity index (χ3n) is 4.54. The summed E-state index contributed by atoms with van der Waals surface area (Å²) in [6.07, 6.45) is 10.4. The minimum Gasteiger partial charge on any atom is -0.390 e. The van der Waals surface area contributed by atoms with Gasteiger partial charge in [0.15, 0.2) is 0 Å². The van der Waals surface area contributed by atoms with Gasteiger partial charge in [-0.3, -0.25) is 4.79 Å². The maximum Gasteiger partial charge on any atom is 0.220 e. The standard InChI is InChI=1S/C16H30N2O2/c19-15(11-17-10-14-8-9-14)12-18-16(20)7-3-6-13-4-1-2-5-13/h13-15,17,19H,1-12H2,(H,18,20). The maximum atomic E-state index is 11.7. The number of carbonyl (C=O) groups is 1. The van der Waals surface area contributed by atoms with Crippen LogP contribution in [0.1, 0.15) is 57.8 Å². The summed E-state index contributed by atoms with van der Waals surface area (Å²) in [7, 11) is 0. The van der Waals surface area contributed by atoms with E-state index in [4.69, 9.17) is 0 Å². The van der Waals surface area contributed by atoms with Gasteiger partial charge in [-0.15, -0.1) is 0 Å². The first-order chi connectivity index (χ1) is 9.74. The van der Waals surface area contributed by atoms with Gasteiger partial charge in [-0.1, -0.05) is 25.7 Å². The molecule has 116 valence electrons. The summed E-state index contributed by atoms with van der Waals surface area (Å²) in [5, 5.41) is 15.8. The van der Waals surface area contributed by atoms with E-state index < -0.39 is 6.10 Å². The molecule has 3 N–H and O–H groups in total. The smallest absolute Gasteiger partial charge is 0.220 e. The quantitative estimate of drug-likeness (QED) is 0.573. The number of nitrogens with one attached hydrogen (secondary N) is 2. The molecule has 2 rings (SSSR count). The van der Waals surface area contributed by atoms with Gasteiger partial charge >= 0.3 is 0 Å². The number of hydrogen-bond acceptors (Lipinski definition) is 3. The second-order valence-electron chi connectivity index (χ2n) is 6.60. The molecular weight excluding hydrogens is 252 g/mol. The Kier molecular flexibility index (Phi) is 6.80. The van der Waals surface area contributed by atoms with Crippen molar-refractivity contribution in [3.05, 3.63) is 0 Å². The van der Waals surface area contributed by atoms with Crippen LogP contribution in [0.4, 0.5) is 0 Å². The summed E-state index contributed by atoms with van der Waals surface area (Å²) in [6, 6.07) is 0. The highest BCUT2D eigenvalue weighted by molar-refractivity contribution is 5.75. The molecular formula is C16H30N2O2. The van der Waals surface area contributed by atoms with Crippen molar-refractivity contribution < 1.29 is 9.90 Å². The van der Waals surface area contributed by atoms with Crippen molar-refractivity contribution in [2.45, 2.75) is 63.9 Å². The van der Waals surface area contributed by atoms with Crippen LogP contribution in [0.15, 0.2) is 0 Å². The van der Waals surface area contributed by atoms with Crippen LogP contribution in [-0.4, -0.2) is 36.8 Å². The highest BCUT2D eigenvalue weighted by Crippen LogP contribution is 2.29. The Morgan fingerprint density at radius 3 is 2.55 bits per heavy atom. The number of carbonyl (C=O) groups excluding carboxylic acids is 1. The van der Waals surface area contributed by atoms with Crippen LogP contribution in [0.3, 0.4) is 0 Å². The first-order valence-corrected chi connectivity index (χ1v) is 8.39. The van der Waals surface area contributed by atoms with Gasteiger partial charge in [-0.2, -0.15) is 0 Å². The van der Waals surface area contributed by atoms with E-state index in [9.17, 15) is 9.90 Å². The molecule has 0 bridgehead atoms. The Bertz CT molecular complexity index is 286. The predicted octanol–water partition coefficient (Wildman–Crippen LogP) is 1.82. The zero-order valence-corrected chi connectivity index (χ0v) is 12.6. The number of aliphatic hydroxyl groups is 1. The molecule has 2 saturated carbocycles. The number of aliphatic hydroxyl groups excluding tert-OH is 1. The Balaban J connectivity index is 1.41. The molecule has 2 aliphatic rings. The topological polar surface area (TPSA) is 61.4 Å². The van der Waals surface area contributed by atoms with E-state index in [0.29, 0.717) is 19.5 Å². The third kappa shape index (κ3) is 6.71. The predicted molar refractivity (Wildman–Crippen MR) is 80.4 cm³/mol. The molecule has 0 aromatic heterocycles. The lowest BCUT2D eigenvalue weighted by Gasteiger charge is -2.13. The first kappa shape index (κ1) is 15.8. The van der Waals surface area contributed by atoms with E-state index >= 15 is 0 Å². The van der Waals surface area contributed by atoms with Crippen LogP contribution in [-0.2, 0) is 4.79 Å². The fourth-order valence-electron chi connectivity index (χ4n) is 3.02. The Hall–Kier alpha value is -0.610. The van der Waals surface area contributed by atoms with Crippen LogP contribution in [0, 0.1) is 11.8 Å². The number of hydrogen-bond donors (Lipinski definition) is 3. The SMILES string of the molecule is O=C(CCCC1CCCC1)NCC(O)CNCC1CC1. The molecule has 0 saturated heterocycles. The Morgan fingerprint density at radius 2 is 1.85 bits per heavy atom. The Morgan fingerprint density at radius 1 is 1.10 bits per heavy atom. The zero-order valence-electron chi connectivity index (χ0n) is 12.6. The lowest BCUT2D eigenvalue weighted by atomic mass is 10.0. The normalized spacial score (nSPS) is 21.1. The second kappa shape index (κ2) is 8.63. The lowest BCUT2D eigenvalue weighted by Crippen LogP contribution is -2.38. The van der Waals surface area contributed by atoms with Crippen molar-refractivity contribution >= 4 is 5.91 Å². The average molecular weight is 282 g/mol. The molecule has 0 aliphatic heterocycles. The monoisotopic (exact) mass is 282 g/mol. The largest absolute Gasteiger partial charge is 0.390 e. The molecule has 1 atom stereocenters. The molecule has 2 aliphatic carbocycles. The first-order valence-electron chi connectivity index (χ1n) is 8.39. The van der Waals surface area contributed by atoms with Crippen molar-refractivity contribution in [1.82, 2.24) is 10.6 Å². The van der Waals surface area contributed by atoms with Gasteiger partial charge in [-0.05, 0) is 44.1 Å². The van der Waals surface area contributed by atoms with E-state index in [1.807, 2.05) is 0 Å². The molecule has 1 amide bonds. The zero-order chi connectivity index (χ0) is 14.2. The van der Waals surface area contributed by atoms with Crippen LogP contribution in [0.5, 0.6) is 0 Å². The fourth-order valence-corrected chi connectivity index (χ4v) is 3.02. The number of amides is 1. The van der Waals surface area contributed by atoms with Crippen LogP contribution >= 0.6 is 0 Å². The van der Waals surface area contributed by atoms with Crippen molar-refractivity contribution in [2.75, 3.05) is 19.6 Å². The molecule has 0 aromatic rings. The number of rotatable bonds is 10. The summed E-state index contributed by atoms with van der Waals surface area (Å²) < 4.78 is 0. The van der Waals surface area contributed by atoms with Gasteiger partial charge in [-0.25, -0.2) is 0 Å². The molecule has 4 heteroatoms. The van der Waals surface area contributed by atoms with Crippen LogP contribution in [0.25, 0.3) is 0 Å². The van der Waals surface area contributed by atoms with Gasteiger partial charge in [0.25, 0.3) is 0 Å². The van der Waals surface area contributed by atoms with Gasteiger partial charge < -0.3 is 15.7 Å². The molecule has 1 unspecified atom stereocenters. The summed E-state index contributed by atoms with van der Waals surface area (Å²) in [4.78, 5) is 11.7. The van der Waals surface area contributed by atoms with Crippen molar-refractivity contribution in [1.29, 1.82) is 0 Å². The van der Waals surface area contributed by atoms with Crippen LogP contribution < -0.4 is 10.6 Å². The molecule has 0 radical (unpaired) electrons. The van der Waals surface area contributed by atoms with E-state index in [0.717, 1.165) is 24.8 Å². The average Bonchev–Trinajstić information content (AvgIpc) is 3.11. The van der Waals surface area contributed by atoms with Gasteiger partial charge in [0, 0.05) is 19.5 Å². The molecule has 2 fully saturated rings. The maximum absolute atomic E-state index is 11.7. The van der Waals surface area contributed by atoms with E-state index in [-0.39, 0.29) is 5.91 Å². The summed E-state index contributed by atoms with van der Waals surface area (Å²) in [6.45, 7) is 1.96. The highest BCUT2D eigenvalue weighted by Gasteiger charge is 2.20.